The summed E-state index contributed by atoms with van der Waals surface area (Å²) in [6.07, 6.45) is 8.87. The van der Waals surface area contributed by atoms with Gasteiger partial charge in [0.15, 0.2) is 0 Å². The number of aromatic amines is 1. The van der Waals surface area contributed by atoms with Gasteiger partial charge >= 0.3 is 0 Å². The highest BCUT2D eigenvalue weighted by atomic mass is 16.5. The van der Waals surface area contributed by atoms with Crippen molar-refractivity contribution in [3.63, 3.8) is 0 Å². The Kier molecular flexibility index (Phi) is 5.38. The highest BCUT2D eigenvalue weighted by molar-refractivity contribution is 5.83. The van der Waals surface area contributed by atoms with E-state index in [1.807, 2.05) is 12.1 Å². The topological polar surface area (TPSA) is 56.4 Å². The van der Waals surface area contributed by atoms with Gasteiger partial charge in [-0.15, -0.1) is 0 Å². The molecule has 0 bridgehead atoms. The summed E-state index contributed by atoms with van der Waals surface area (Å²) in [6.45, 7) is 4.04. The van der Waals surface area contributed by atoms with E-state index >= 15 is 0 Å². The van der Waals surface area contributed by atoms with Crippen LogP contribution in [-0.4, -0.2) is 53.7 Å². The van der Waals surface area contributed by atoms with Crippen LogP contribution in [0, 0.1) is 0 Å². The van der Waals surface area contributed by atoms with Crippen LogP contribution in [0.25, 0.3) is 10.9 Å². The van der Waals surface area contributed by atoms with Crippen LogP contribution in [0.4, 0.5) is 17.1 Å². The van der Waals surface area contributed by atoms with Gasteiger partial charge in [0.05, 0.1) is 12.2 Å². The molecule has 1 fully saturated rings. The smallest absolute Gasteiger partial charge is 0.145 e. The molecule has 4 aromatic rings. The Bertz CT molecular complexity index is 1280. The first-order chi connectivity index (χ1) is 16.7. The number of nitrogens with one attached hydrogen (secondary N) is 2. The number of rotatable bonds is 5. The normalized spacial score (nSPS) is 17.5. The van der Waals surface area contributed by atoms with E-state index in [0.29, 0.717) is 0 Å². The predicted octanol–water partition coefficient (Wildman–Crippen LogP) is 5.21. The molecule has 0 saturated carbocycles. The van der Waals surface area contributed by atoms with E-state index < -0.39 is 0 Å². The molecule has 6 nitrogen and oxygen atoms in total. The minimum atomic E-state index is -0.130. The first-order valence-electron chi connectivity index (χ1n) is 12.2. The molecule has 2 N–H and O–H groups in total. The van der Waals surface area contributed by atoms with Crippen molar-refractivity contribution < 1.29 is 4.74 Å². The van der Waals surface area contributed by atoms with Gasteiger partial charge < -0.3 is 24.8 Å². The second kappa shape index (κ2) is 8.69. The third kappa shape index (κ3) is 4.10. The summed E-state index contributed by atoms with van der Waals surface area (Å²) in [5.41, 5.74) is 5.69. The first-order valence-corrected chi connectivity index (χ1v) is 12.2. The summed E-state index contributed by atoms with van der Waals surface area (Å²) in [5, 5.41) is 4.81. The molecule has 0 radical (unpaired) electrons. The van der Waals surface area contributed by atoms with Crippen molar-refractivity contribution >= 4 is 28.0 Å². The van der Waals surface area contributed by atoms with Gasteiger partial charge in [0, 0.05) is 79.4 Å². The van der Waals surface area contributed by atoms with Crippen molar-refractivity contribution in [1.29, 1.82) is 0 Å². The Morgan fingerprint density at radius 3 is 2.71 bits per heavy atom. The molecular formula is C28H31N5O. The average molecular weight is 454 g/mol. The molecule has 0 aliphatic carbocycles. The third-order valence-electron chi connectivity index (χ3n) is 7.30. The fourth-order valence-electron chi connectivity index (χ4n) is 5.31. The number of likely N-dealkylation sites (tertiary alicyclic amines) is 1. The van der Waals surface area contributed by atoms with E-state index in [1.165, 1.54) is 22.2 Å². The summed E-state index contributed by atoms with van der Waals surface area (Å²) < 4.78 is 6.80. The van der Waals surface area contributed by atoms with Crippen LogP contribution in [0.3, 0.4) is 0 Å². The zero-order valence-electron chi connectivity index (χ0n) is 19.6. The molecule has 0 unspecified atom stereocenters. The lowest BCUT2D eigenvalue weighted by Crippen LogP contribution is -2.56. The summed E-state index contributed by atoms with van der Waals surface area (Å²) in [7, 11) is 2.20. The number of anilines is 3. The number of aromatic nitrogens is 2. The van der Waals surface area contributed by atoms with Crippen LogP contribution in [0.15, 0.2) is 73.2 Å². The van der Waals surface area contributed by atoms with Gasteiger partial charge in [-0.3, -0.25) is 4.98 Å². The molecule has 2 aromatic heterocycles. The number of piperidine rings is 1. The zero-order chi connectivity index (χ0) is 23.0. The van der Waals surface area contributed by atoms with Crippen molar-refractivity contribution in [3.8, 4) is 5.75 Å². The molecule has 6 heteroatoms. The largest absolute Gasteiger partial charge is 0.483 e. The van der Waals surface area contributed by atoms with Gasteiger partial charge in [0.25, 0.3) is 0 Å². The van der Waals surface area contributed by atoms with Crippen molar-refractivity contribution in [2.24, 2.45) is 0 Å². The van der Waals surface area contributed by atoms with E-state index in [9.17, 15) is 0 Å². The van der Waals surface area contributed by atoms with Crippen molar-refractivity contribution in [2.45, 2.75) is 24.9 Å². The number of ether oxygens (including phenoxy) is 1. The minimum Gasteiger partial charge on any atom is -0.483 e. The molecule has 2 aliphatic rings. The van der Waals surface area contributed by atoms with Crippen molar-refractivity contribution in [1.82, 2.24) is 14.9 Å². The second-order valence-electron chi connectivity index (χ2n) is 9.66. The molecule has 2 aliphatic heterocycles. The number of H-pyrrole nitrogens is 1. The highest BCUT2D eigenvalue weighted by Gasteiger charge is 2.41. The maximum atomic E-state index is 6.80. The molecule has 0 atom stereocenters. The minimum absolute atomic E-state index is 0.130. The number of nitrogens with zero attached hydrogens (tertiary/aromatic N) is 3. The maximum Gasteiger partial charge on any atom is 0.145 e. The number of hydrogen-bond donors (Lipinski definition) is 2. The molecular weight excluding hydrogens is 422 g/mol. The molecule has 174 valence electrons. The number of fused-ring (bicyclic) bond motifs is 2. The molecule has 0 amide bonds. The summed E-state index contributed by atoms with van der Waals surface area (Å²) in [5.74, 6) is 0.980. The molecule has 1 saturated heterocycles. The summed E-state index contributed by atoms with van der Waals surface area (Å²) in [4.78, 5) is 12.5. The van der Waals surface area contributed by atoms with E-state index in [0.717, 1.165) is 62.6 Å². The summed E-state index contributed by atoms with van der Waals surface area (Å²) >= 11 is 0. The Morgan fingerprint density at radius 1 is 1.03 bits per heavy atom. The van der Waals surface area contributed by atoms with Gasteiger partial charge in [-0.25, -0.2) is 0 Å². The van der Waals surface area contributed by atoms with Crippen LogP contribution in [0.1, 0.15) is 18.4 Å². The van der Waals surface area contributed by atoms with Crippen LogP contribution in [0.5, 0.6) is 5.75 Å². The number of benzene rings is 2. The number of hydrogen-bond acceptors (Lipinski definition) is 5. The lowest BCUT2D eigenvalue weighted by Gasteiger charge is -2.48. The molecule has 4 heterocycles. The third-order valence-corrected chi connectivity index (χ3v) is 7.30. The second-order valence-corrected chi connectivity index (χ2v) is 9.66. The van der Waals surface area contributed by atoms with E-state index in [2.05, 4.69) is 80.8 Å². The van der Waals surface area contributed by atoms with Crippen LogP contribution >= 0.6 is 0 Å². The Hall–Kier alpha value is -3.51. The Balaban J connectivity index is 1.29. The van der Waals surface area contributed by atoms with Crippen LogP contribution in [0.2, 0.25) is 0 Å². The van der Waals surface area contributed by atoms with E-state index in [-0.39, 0.29) is 5.60 Å². The monoisotopic (exact) mass is 453 g/mol. The number of pyridine rings is 1. The van der Waals surface area contributed by atoms with E-state index in [4.69, 9.17) is 4.74 Å². The molecule has 2 aromatic carbocycles. The van der Waals surface area contributed by atoms with Gasteiger partial charge in [0.2, 0.25) is 0 Å². The van der Waals surface area contributed by atoms with Gasteiger partial charge in [0.1, 0.15) is 11.4 Å². The zero-order valence-corrected chi connectivity index (χ0v) is 19.6. The maximum absolute atomic E-state index is 6.80. The SMILES string of the molecule is CN1CCC2(CC1)CN(CCc1c[nH]c3ccccc13)c1ccc(Nc3ccncc3)cc1O2. The van der Waals surface area contributed by atoms with Crippen LogP contribution in [-0.2, 0) is 6.42 Å². The van der Waals surface area contributed by atoms with Gasteiger partial charge in [-0.05, 0) is 49.4 Å². The molecule has 34 heavy (non-hydrogen) atoms. The Labute approximate surface area is 200 Å². The average Bonchev–Trinajstić information content (AvgIpc) is 3.28. The van der Waals surface area contributed by atoms with Crippen LogP contribution < -0.4 is 15.0 Å². The summed E-state index contributed by atoms with van der Waals surface area (Å²) in [6, 6.07) is 19.0. The molecule has 6 rings (SSSR count). The van der Waals surface area contributed by atoms with Gasteiger partial charge in [-0.2, -0.15) is 0 Å². The highest BCUT2D eigenvalue weighted by Crippen LogP contribution is 2.43. The standard InChI is InChI=1S/C28H31N5O/c1-32-16-11-28(12-17-32)20-33(15-10-21-19-30-25-5-3-2-4-24(21)25)26-7-6-23(18-27(26)34-28)31-22-8-13-29-14-9-22/h2-9,13-14,18-19,30H,10-12,15-17,20H2,1H3,(H,29,31). The molecule has 1 spiro atoms. The number of para-hydroxylation sites is 1. The van der Waals surface area contributed by atoms with E-state index in [1.54, 1.807) is 12.4 Å². The fourth-order valence-corrected chi connectivity index (χ4v) is 5.31. The fraction of sp³-hybridized carbons (Fsp3) is 0.321. The predicted molar refractivity (Wildman–Crippen MR) is 138 cm³/mol. The quantitative estimate of drug-likeness (QED) is 0.434. The first kappa shape index (κ1) is 21.1. The van der Waals surface area contributed by atoms with Crippen molar-refractivity contribution in [2.75, 3.05) is 43.4 Å². The lowest BCUT2D eigenvalue weighted by atomic mass is 9.88. The van der Waals surface area contributed by atoms with Crippen molar-refractivity contribution in [3.05, 3.63) is 78.8 Å². The Morgan fingerprint density at radius 2 is 1.85 bits per heavy atom. The van der Waals surface area contributed by atoms with Gasteiger partial charge in [-0.1, -0.05) is 18.2 Å². The lowest BCUT2D eigenvalue weighted by molar-refractivity contribution is 0.00707.